The summed E-state index contributed by atoms with van der Waals surface area (Å²) in [6.07, 6.45) is -0.241. The fourth-order valence-corrected chi connectivity index (χ4v) is 5.51. The molecule has 45 heavy (non-hydrogen) atoms. The number of hydrogen-bond donors (Lipinski definition) is 3. The van der Waals surface area contributed by atoms with E-state index in [2.05, 4.69) is 10.7 Å². The number of halogens is 2. The predicted molar refractivity (Wildman–Crippen MR) is 167 cm³/mol. The topological polar surface area (TPSA) is 139 Å². The number of aliphatic hydroxyl groups excluding tert-OH is 1. The van der Waals surface area contributed by atoms with Gasteiger partial charge < -0.3 is 15.3 Å². The Labute approximate surface area is 264 Å². The van der Waals surface area contributed by atoms with Crippen molar-refractivity contribution in [2.24, 2.45) is 5.92 Å². The number of carbonyl (C=O) groups is 3. The number of benzene rings is 2. The third kappa shape index (κ3) is 10.8. The van der Waals surface area contributed by atoms with Gasteiger partial charge in [0, 0.05) is 63.9 Å². The smallest absolute Gasteiger partial charge is 0.253 e. The highest BCUT2D eigenvalue weighted by Gasteiger charge is 2.28. The maximum Gasteiger partial charge on any atom is 0.253 e. The number of hydrazine groups is 1. The molecule has 0 bridgehead atoms. The number of carbonyl (C=O) groups excluding carboxylic acids is 3. The zero-order valence-corrected chi connectivity index (χ0v) is 27.7. The standard InChI is InChI=1S/C31H45F2N5O6S/c1-8-10-38(11-9-2)31(42)23-15-22(16-26(17-23)45(43,44)36(5)6)30(41)34-27(14-21-12-24(32)18-25(33)13-21)28(39)19-37(7)35-29(40)20(3)4/h12-13,15-18,20,27-28,39H,8-11,14,19H2,1-7H3,(H,34,41)(H,35,40). The van der Waals surface area contributed by atoms with E-state index in [1.54, 1.807) is 18.7 Å². The van der Waals surface area contributed by atoms with E-state index in [4.69, 9.17) is 0 Å². The van der Waals surface area contributed by atoms with Crippen molar-refractivity contribution in [3.8, 4) is 0 Å². The van der Waals surface area contributed by atoms with E-state index in [1.165, 1.54) is 38.3 Å². The lowest BCUT2D eigenvalue weighted by atomic mass is 9.99. The van der Waals surface area contributed by atoms with Gasteiger partial charge >= 0.3 is 0 Å². The summed E-state index contributed by atoms with van der Waals surface area (Å²) in [5.41, 5.74) is 2.57. The van der Waals surface area contributed by atoms with Gasteiger partial charge in [0.05, 0.1) is 17.0 Å². The lowest BCUT2D eigenvalue weighted by molar-refractivity contribution is -0.129. The van der Waals surface area contributed by atoms with Crippen LogP contribution in [0.25, 0.3) is 0 Å². The van der Waals surface area contributed by atoms with Gasteiger partial charge in [0.15, 0.2) is 0 Å². The molecule has 0 saturated heterocycles. The maximum atomic E-state index is 14.0. The molecule has 0 fully saturated rings. The Hall–Kier alpha value is -3.46. The highest BCUT2D eigenvalue weighted by molar-refractivity contribution is 7.89. The molecule has 3 N–H and O–H groups in total. The number of aliphatic hydroxyl groups is 1. The minimum absolute atomic E-state index is 0.00888. The highest BCUT2D eigenvalue weighted by Crippen LogP contribution is 2.21. The van der Waals surface area contributed by atoms with Crippen LogP contribution in [-0.4, -0.2) is 98.4 Å². The average molecular weight is 654 g/mol. The third-order valence-electron chi connectivity index (χ3n) is 6.91. The second-order valence-corrected chi connectivity index (χ2v) is 13.6. The molecule has 2 aromatic carbocycles. The largest absolute Gasteiger partial charge is 0.390 e. The first-order chi connectivity index (χ1) is 21.0. The van der Waals surface area contributed by atoms with Crippen molar-refractivity contribution < 1.29 is 36.7 Å². The molecule has 14 heteroatoms. The first-order valence-corrected chi connectivity index (χ1v) is 16.3. The first kappa shape index (κ1) is 37.7. The summed E-state index contributed by atoms with van der Waals surface area (Å²) in [6.45, 7) is 7.87. The van der Waals surface area contributed by atoms with Crippen LogP contribution >= 0.6 is 0 Å². The second-order valence-electron chi connectivity index (χ2n) is 11.5. The van der Waals surface area contributed by atoms with Crippen molar-refractivity contribution in [3.63, 3.8) is 0 Å². The number of nitrogens with zero attached hydrogens (tertiary/aromatic N) is 3. The Morgan fingerprint density at radius 1 is 0.889 bits per heavy atom. The van der Waals surface area contributed by atoms with Gasteiger partial charge in [-0.2, -0.15) is 0 Å². The Kier molecular flexibility index (Phi) is 14.0. The highest BCUT2D eigenvalue weighted by atomic mass is 32.2. The summed E-state index contributed by atoms with van der Waals surface area (Å²) in [7, 11) is 0.0814. The fourth-order valence-electron chi connectivity index (χ4n) is 4.54. The van der Waals surface area contributed by atoms with E-state index < -0.39 is 45.6 Å². The third-order valence-corrected chi connectivity index (χ3v) is 8.71. The number of nitrogens with one attached hydrogen (secondary N) is 2. The fraction of sp³-hybridized carbons (Fsp3) is 0.516. The van der Waals surface area contributed by atoms with Gasteiger partial charge in [-0.25, -0.2) is 26.5 Å². The van der Waals surface area contributed by atoms with E-state index in [0.717, 1.165) is 22.5 Å². The molecule has 2 aromatic rings. The van der Waals surface area contributed by atoms with Gasteiger partial charge in [0.25, 0.3) is 11.8 Å². The number of hydrogen-bond acceptors (Lipinski definition) is 7. The molecular formula is C31H45F2N5O6S. The molecule has 250 valence electrons. The Bertz CT molecular complexity index is 1430. The molecule has 0 aliphatic rings. The predicted octanol–water partition coefficient (Wildman–Crippen LogP) is 2.80. The summed E-state index contributed by atoms with van der Waals surface area (Å²) < 4.78 is 55.2. The summed E-state index contributed by atoms with van der Waals surface area (Å²) in [5.74, 6) is -3.62. The van der Waals surface area contributed by atoms with E-state index >= 15 is 0 Å². The minimum Gasteiger partial charge on any atom is -0.390 e. The van der Waals surface area contributed by atoms with Crippen molar-refractivity contribution in [2.75, 3.05) is 40.8 Å². The molecular weight excluding hydrogens is 608 g/mol. The zero-order chi connectivity index (χ0) is 34.1. The van der Waals surface area contributed by atoms with Crippen LogP contribution < -0.4 is 10.7 Å². The van der Waals surface area contributed by atoms with Crippen molar-refractivity contribution in [2.45, 2.75) is 64.0 Å². The zero-order valence-electron chi connectivity index (χ0n) is 26.9. The molecule has 3 amide bonds. The molecule has 0 aromatic heterocycles. The van der Waals surface area contributed by atoms with Crippen molar-refractivity contribution in [1.29, 1.82) is 0 Å². The molecule has 2 rings (SSSR count). The summed E-state index contributed by atoms with van der Waals surface area (Å²) in [4.78, 5) is 40.6. The van der Waals surface area contributed by atoms with Gasteiger partial charge in [-0.1, -0.05) is 27.7 Å². The van der Waals surface area contributed by atoms with E-state index in [0.29, 0.717) is 32.0 Å². The Morgan fingerprint density at radius 3 is 1.96 bits per heavy atom. The van der Waals surface area contributed by atoms with Crippen LogP contribution in [0.2, 0.25) is 0 Å². The van der Waals surface area contributed by atoms with E-state index in [1.807, 2.05) is 13.8 Å². The summed E-state index contributed by atoms with van der Waals surface area (Å²) >= 11 is 0. The minimum atomic E-state index is -4.07. The van der Waals surface area contributed by atoms with E-state index in [9.17, 15) is 36.7 Å². The molecule has 0 spiro atoms. The molecule has 0 heterocycles. The summed E-state index contributed by atoms with van der Waals surface area (Å²) in [6, 6.07) is 5.31. The average Bonchev–Trinajstić information content (AvgIpc) is 2.95. The van der Waals surface area contributed by atoms with Crippen molar-refractivity contribution >= 4 is 27.7 Å². The lowest BCUT2D eigenvalue weighted by Gasteiger charge is -2.29. The summed E-state index contributed by atoms with van der Waals surface area (Å²) in [5, 5.41) is 15.1. The SMILES string of the molecule is CCCN(CCC)C(=O)c1cc(C(=O)NC(Cc2cc(F)cc(F)c2)C(O)CN(C)NC(=O)C(C)C)cc(S(=O)(=O)N(C)C)c1. The second kappa shape index (κ2) is 16.7. The lowest BCUT2D eigenvalue weighted by Crippen LogP contribution is -2.52. The maximum absolute atomic E-state index is 14.0. The monoisotopic (exact) mass is 653 g/mol. The van der Waals surface area contributed by atoms with Crippen molar-refractivity contribution in [1.82, 2.24) is 25.0 Å². The van der Waals surface area contributed by atoms with Gasteiger partial charge in [-0.05, 0) is 55.2 Å². The van der Waals surface area contributed by atoms with Crippen LogP contribution in [0, 0.1) is 17.6 Å². The quantitative estimate of drug-likeness (QED) is 0.237. The van der Waals surface area contributed by atoms with Crippen LogP contribution in [-0.2, 0) is 21.2 Å². The number of rotatable bonds is 16. The molecule has 2 atom stereocenters. The molecule has 0 saturated carbocycles. The molecule has 0 radical (unpaired) electrons. The Morgan fingerprint density at radius 2 is 1.44 bits per heavy atom. The molecule has 0 aliphatic heterocycles. The van der Waals surface area contributed by atoms with Gasteiger partial charge in [-0.3, -0.25) is 19.8 Å². The normalized spacial score (nSPS) is 13.2. The number of sulfonamides is 1. The number of amides is 3. The van der Waals surface area contributed by atoms with Crippen LogP contribution in [0.15, 0.2) is 41.3 Å². The van der Waals surface area contributed by atoms with Gasteiger partial charge in [0.2, 0.25) is 15.9 Å². The van der Waals surface area contributed by atoms with Crippen LogP contribution in [0.4, 0.5) is 8.78 Å². The molecule has 0 aliphatic carbocycles. The Balaban J connectivity index is 2.55. The first-order valence-electron chi connectivity index (χ1n) is 14.8. The van der Waals surface area contributed by atoms with Crippen molar-refractivity contribution in [3.05, 3.63) is 64.7 Å². The van der Waals surface area contributed by atoms with Gasteiger partial charge in [0.1, 0.15) is 11.6 Å². The van der Waals surface area contributed by atoms with E-state index in [-0.39, 0.29) is 46.4 Å². The van der Waals surface area contributed by atoms with Crippen LogP contribution in [0.3, 0.4) is 0 Å². The van der Waals surface area contributed by atoms with Crippen LogP contribution in [0.5, 0.6) is 0 Å². The number of likely N-dealkylation sites (N-methyl/N-ethyl adjacent to an activating group) is 1. The van der Waals surface area contributed by atoms with Crippen LogP contribution in [0.1, 0.15) is 66.8 Å². The molecule has 11 nitrogen and oxygen atoms in total. The molecule has 2 unspecified atom stereocenters. The van der Waals surface area contributed by atoms with Gasteiger partial charge in [-0.15, -0.1) is 0 Å².